The lowest BCUT2D eigenvalue weighted by atomic mass is 10.2. The summed E-state index contributed by atoms with van der Waals surface area (Å²) in [7, 11) is 1.63. The average Bonchev–Trinajstić information content (AvgIpc) is 2.20. The second-order valence-electron chi connectivity index (χ2n) is 2.63. The molecule has 6 heteroatoms. The molecule has 0 unspecified atom stereocenters. The molecule has 0 amide bonds. The first-order valence-electron chi connectivity index (χ1n) is 4.05. The zero-order valence-corrected chi connectivity index (χ0v) is 11.0. The second-order valence-corrected chi connectivity index (χ2v) is 4.23. The molecule has 0 spiro atoms. The molecule has 0 saturated heterocycles. The lowest BCUT2D eigenvalue weighted by molar-refractivity contribution is 0.412. The van der Waals surface area contributed by atoms with E-state index in [-0.39, 0.29) is 5.11 Å². The zero-order chi connectivity index (χ0) is 11.3. The van der Waals surface area contributed by atoms with Gasteiger partial charge in [0, 0.05) is 0 Å². The summed E-state index contributed by atoms with van der Waals surface area (Å²) >= 11 is 6.81. The minimum absolute atomic E-state index is 0.142. The van der Waals surface area contributed by atoms with Gasteiger partial charge in [0.05, 0.1) is 16.9 Å². The Balaban J connectivity index is 2.78. The fourth-order valence-electron chi connectivity index (χ4n) is 0.927. The van der Waals surface area contributed by atoms with Crippen molar-refractivity contribution in [3.63, 3.8) is 0 Å². The molecule has 0 aliphatic heterocycles. The third kappa shape index (κ3) is 4.00. The maximum absolute atomic E-state index is 5.22. The normalized spacial score (nSPS) is 10.3. The van der Waals surface area contributed by atoms with E-state index >= 15 is 0 Å². The van der Waals surface area contributed by atoms with Crippen molar-refractivity contribution in [1.29, 1.82) is 0 Å². The maximum Gasteiger partial charge on any atom is 0.184 e. The molecule has 0 bridgehead atoms. The van der Waals surface area contributed by atoms with E-state index in [4.69, 9.17) is 10.5 Å². The van der Waals surface area contributed by atoms with Crippen LogP contribution in [0, 0.1) is 3.57 Å². The van der Waals surface area contributed by atoms with Crippen LogP contribution in [0.25, 0.3) is 0 Å². The summed E-state index contributed by atoms with van der Waals surface area (Å²) in [6.45, 7) is 0. The molecular weight excluding hydrogens is 325 g/mol. The number of thiocarbonyl (C=S) groups is 1. The summed E-state index contributed by atoms with van der Waals surface area (Å²) in [6.07, 6.45) is 1.62. The summed E-state index contributed by atoms with van der Waals surface area (Å²) < 4.78 is 6.22. The van der Waals surface area contributed by atoms with Gasteiger partial charge in [0.2, 0.25) is 0 Å². The van der Waals surface area contributed by atoms with Gasteiger partial charge < -0.3 is 10.5 Å². The summed E-state index contributed by atoms with van der Waals surface area (Å²) in [4.78, 5) is 0. The highest BCUT2D eigenvalue weighted by Crippen LogP contribution is 2.20. The Morgan fingerprint density at radius 2 is 2.40 bits per heavy atom. The van der Waals surface area contributed by atoms with Crippen molar-refractivity contribution in [1.82, 2.24) is 5.43 Å². The topological polar surface area (TPSA) is 59.6 Å². The largest absolute Gasteiger partial charge is 0.496 e. The van der Waals surface area contributed by atoms with E-state index in [1.165, 1.54) is 0 Å². The van der Waals surface area contributed by atoms with Gasteiger partial charge in [-0.2, -0.15) is 5.10 Å². The van der Waals surface area contributed by atoms with Crippen LogP contribution in [-0.2, 0) is 0 Å². The van der Waals surface area contributed by atoms with Crippen molar-refractivity contribution in [2.24, 2.45) is 10.8 Å². The molecule has 0 atom stereocenters. The Kier molecular flexibility index (Phi) is 4.76. The van der Waals surface area contributed by atoms with E-state index in [0.717, 1.165) is 14.9 Å². The van der Waals surface area contributed by atoms with Crippen molar-refractivity contribution in [2.45, 2.75) is 0 Å². The highest BCUT2D eigenvalue weighted by Gasteiger charge is 1.99. The Bertz CT molecular complexity index is 395. The number of nitrogens with one attached hydrogen (secondary N) is 1. The number of benzene rings is 1. The molecular formula is C9H10IN3OS. The summed E-state index contributed by atoms with van der Waals surface area (Å²) in [5, 5.41) is 3.99. The molecule has 0 saturated carbocycles. The standard InChI is InChI=1S/C9H10IN3OS/c1-14-8-4-6(2-3-7(8)10)5-12-13-9(11)15/h2-5H,1H3,(H3,11,13,15). The fraction of sp³-hybridized carbons (Fsp3) is 0.111. The smallest absolute Gasteiger partial charge is 0.184 e. The highest BCUT2D eigenvalue weighted by molar-refractivity contribution is 14.1. The van der Waals surface area contributed by atoms with Crippen LogP contribution in [0.4, 0.5) is 0 Å². The predicted molar refractivity (Wildman–Crippen MR) is 73.2 cm³/mol. The number of nitrogens with zero attached hydrogens (tertiary/aromatic N) is 1. The van der Waals surface area contributed by atoms with Gasteiger partial charge >= 0.3 is 0 Å². The van der Waals surface area contributed by atoms with Crippen LogP contribution >= 0.6 is 34.8 Å². The average molecular weight is 335 g/mol. The third-order valence-corrected chi connectivity index (χ3v) is 2.55. The van der Waals surface area contributed by atoms with Gasteiger partial charge in [0.15, 0.2) is 5.11 Å². The van der Waals surface area contributed by atoms with Crippen LogP contribution in [0.15, 0.2) is 23.3 Å². The number of hydrazone groups is 1. The summed E-state index contributed by atoms with van der Waals surface area (Å²) in [5.41, 5.74) is 8.61. The van der Waals surface area contributed by atoms with E-state index in [0.29, 0.717) is 0 Å². The van der Waals surface area contributed by atoms with Crippen LogP contribution in [0.2, 0.25) is 0 Å². The van der Waals surface area contributed by atoms with E-state index < -0.39 is 0 Å². The van der Waals surface area contributed by atoms with Crippen LogP contribution < -0.4 is 15.9 Å². The first-order chi connectivity index (χ1) is 7.13. The Morgan fingerprint density at radius 1 is 1.67 bits per heavy atom. The van der Waals surface area contributed by atoms with E-state index in [2.05, 4.69) is 45.3 Å². The lowest BCUT2D eigenvalue weighted by Gasteiger charge is -2.03. The monoisotopic (exact) mass is 335 g/mol. The number of halogens is 1. The van der Waals surface area contributed by atoms with Crippen molar-refractivity contribution in [2.75, 3.05) is 7.11 Å². The molecule has 0 aliphatic carbocycles. The van der Waals surface area contributed by atoms with Gasteiger partial charge in [-0.3, -0.25) is 5.43 Å². The molecule has 0 radical (unpaired) electrons. The molecule has 4 nitrogen and oxygen atoms in total. The molecule has 1 aromatic carbocycles. The van der Waals surface area contributed by atoms with Gasteiger partial charge in [-0.1, -0.05) is 6.07 Å². The molecule has 0 aliphatic rings. The minimum atomic E-state index is 0.142. The Hall–Kier alpha value is -0.890. The van der Waals surface area contributed by atoms with Crippen LogP contribution in [0.5, 0.6) is 5.75 Å². The zero-order valence-electron chi connectivity index (χ0n) is 8.03. The van der Waals surface area contributed by atoms with Gasteiger partial charge in [-0.15, -0.1) is 0 Å². The summed E-state index contributed by atoms with van der Waals surface area (Å²) in [6, 6.07) is 5.75. The van der Waals surface area contributed by atoms with E-state index in [1.54, 1.807) is 13.3 Å². The Morgan fingerprint density at radius 3 is 3.00 bits per heavy atom. The van der Waals surface area contributed by atoms with E-state index in [1.807, 2.05) is 18.2 Å². The van der Waals surface area contributed by atoms with Crippen molar-refractivity contribution < 1.29 is 4.74 Å². The van der Waals surface area contributed by atoms with Crippen LogP contribution in [0.1, 0.15) is 5.56 Å². The van der Waals surface area contributed by atoms with Crippen molar-refractivity contribution in [3.8, 4) is 5.75 Å². The van der Waals surface area contributed by atoms with Gasteiger partial charge in [0.25, 0.3) is 0 Å². The fourth-order valence-corrected chi connectivity index (χ4v) is 1.54. The molecule has 15 heavy (non-hydrogen) atoms. The van der Waals surface area contributed by atoms with Gasteiger partial charge in [0.1, 0.15) is 5.75 Å². The number of methoxy groups -OCH3 is 1. The van der Waals surface area contributed by atoms with Crippen molar-refractivity contribution in [3.05, 3.63) is 27.3 Å². The lowest BCUT2D eigenvalue weighted by Crippen LogP contribution is -2.23. The number of rotatable bonds is 3. The summed E-state index contributed by atoms with van der Waals surface area (Å²) in [5.74, 6) is 0.815. The Labute approximate surface area is 107 Å². The molecule has 0 aromatic heterocycles. The molecule has 1 rings (SSSR count). The predicted octanol–water partition coefficient (Wildman–Crippen LogP) is 1.47. The van der Waals surface area contributed by atoms with Gasteiger partial charge in [-0.25, -0.2) is 0 Å². The molecule has 1 aromatic rings. The second kappa shape index (κ2) is 5.86. The third-order valence-electron chi connectivity index (χ3n) is 1.56. The maximum atomic E-state index is 5.22. The molecule has 3 N–H and O–H groups in total. The van der Waals surface area contributed by atoms with Gasteiger partial charge in [-0.05, 0) is 52.5 Å². The number of nitrogens with two attached hydrogens (primary N) is 1. The quantitative estimate of drug-likeness (QED) is 0.380. The molecule has 0 fully saturated rings. The van der Waals surface area contributed by atoms with E-state index in [9.17, 15) is 0 Å². The highest BCUT2D eigenvalue weighted by atomic mass is 127. The first-order valence-corrected chi connectivity index (χ1v) is 5.54. The van der Waals surface area contributed by atoms with Crippen LogP contribution in [-0.4, -0.2) is 18.4 Å². The number of hydrogen-bond donors (Lipinski definition) is 2. The molecule has 0 heterocycles. The SMILES string of the molecule is COc1cc(C=NNC(N)=S)ccc1I. The number of hydrogen-bond acceptors (Lipinski definition) is 3. The number of ether oxygens (including phenoxy) is 1. The minimum Gasteiger partial charge on any atom is -0.496 e. The molecule has 80 valence electrons. The van der Waals surface area contributed by atoms with Crippen molar-refractivity contribution >= 4 is 46.1 Å². The first kappa shape index (κ1) is 12.2. The van der Waals surface area contributed by atoms with Crippen LogP contribution in [0.3, 0.4) is 0 Å².